The van der Waals surface area contributed by atoms with Crippen molar-refractivity contribution in [2.24, 2.45) is 0 Å². The van der Waals surface area contributed by atoms with Crippen LogP contribution < -0.4 is 5.43 Å². The molecule has 1 saturated heterocycles. The van der Waals surface area contributed by atoms with Gasteiger partial charge in [0.2, 0.25) is 11.1 Å². The van der Waals surface area contributed by atoms with E-state index in [9.17, 15) is 4.79 Å². The Morgan fingerprint density at radius 2 is 1.84 bits per heavy atom. The molecule has 3 heterocycles. The molecule has 6 nitrogen and oxygen atoms in total. The van der Waals surface area contributed by atoms with E-state index in [1.54, 1.807) is 0 Å². The van der Waals surface area contributed by atoms with E-state index in [0.717, 1.165) is 42.5 Å². The van der Waals surface area contributed by atoms with E-state index in [-0.39, 0.29) is 17.2 Å². The quantitative estimate of drug-likeness (QED) is 0.895. The Morgan fingerprint density at radius 1 is 1.12 bits per heavy atom. The summed E-state index contributed by atoms with van der Waals surface area (Å²) in [4.78, 5) is 15.4. The van der Waals surface area contributed by atoms with Gasteiger partial charge in [-0.15, -0.1) is 10.2 Å². The molecule has 1 aromatic carbocycles. The van der Waals surface area contributed by atoms with Gasteiger partial charge in [-0.2, -0.15) is 0 Å². The second kappa shape index (κ2) is 7.07. The molecule has 1 fully saturated rings. The number of amides is 1. The summed E-state index contributed by atoms with van der Waals surface area (Å²) >= 11 is 1.52. The average Bonchev–Trinajstić information content (AvgIpc) is 2.86. The highest BCUT2D eigenvalue weighted by Crippen LogP contribution is 2.38. The van der Waals surface area contributed by atoms with Crippen LogP contribution in [0.15, 0.2) is 35.5 Å². The number of nitrogens with zero attached hydrogens (tertiary/aromatic N) is 4. The van der Waals surface area contributed by atoms with E-state index in [1.807, 2.05) is 34.7 Å². The van der Waals surface area contributed by atoms with Gasteiger partial charge in [-0.05, 0) is 25.3 Å². The maximum absolute atomic E-state index is 13.3. The zero-order valence-electron chi connectivity index (χ0n) is 14.4. The van der Waals surface area contributed by atoms with E-state index in [4.69, 9.17) is 0 Å². The lowest BCUT2D eigenvalue weighted by Gasteiger charge is -2.35. The number of thioether (sulfide) groups is 1. The lowest BCUT2D eigenvalue weighted by molar-refractivity contribution is -0.131. The van der Waals surface area contributed by atoms with Gasteiger partial charge in [0.25, 0.3) is 0 Å². The fourth-order valence-electron chi connectivity index (χ4n) is 3.53. The topological polar surface area (TPSA) is 63.1 Å². The van der Waals surface area contributed by atoms with Crippen LogP contribution in [0.2, 0.25) is 0 Å². The normalized spacial score (nSPS) is 23.5. The first-order chi connectivity index (χ1) is 12.2. The number of rotatable bonds is 2. The molecule has 25 heavy (non-hydrogen) atoms. The molecular weight excluding hydrogens is 334 g/mol. The number of nitrogens with one attached hydrogen (secondary N) is 1. The predicted molar refractivity (Wildman–Crippen MR) is 98.0 cm³/mol. The maximum Gasteiger partial charge on any atom is 0.238 e. The van der Waals surface area contributed by atoms with E-state index >= 15 is 0 Å². The summed E-state index contributed by atoms with van der Waals surface area (Å²) in [6.07, 6.45) is 4.63. The van der Waals surface area contributed by atoms with Gasteiger partial charge < -0.3 is 10.3 Å². The molecule has 1 aromatic heterocycles. The second-order valence-electron chi connectivity index (χ2n) is 6.66. The number of aryl methyl sites for hydroxylation is 1. The monoisotopic (exact) mass is 357 g/mol. The summed E-state index contributed by atoms with van der Waals surface area (Å²) in [6.45, 7) is 3.65. The molecule has 0 aliphatic carbocycles. The lowest BCUT2D eigenvalue weighted by atomic mass is 10.0. The van der Waals surface area contributed by atoms with Crippen molar-refractivity contribution >= 4 is 17.7 Å². The number of hydrogen-bond donors (Lipinski definition) is 1. The number of likely N-dealkylation sites (tertiary alicyclic amines) is 1. The number of aromatic nitrogens is 3. The number of hydrogen-bond acceptors (Lipinski definition) is 5. The van der Waals surface area contributed by atoms with E-state index in [2.05, 4.69) is 27.8 Å². The summed E-state index contributed by atoms with van der Waals surface area (Å²) in [7, 11) is 0. The Labute approximate surface area is 152 Å². The molecular formula is C18H23N5OS. The zero-order chi connectivity index (χ0) is 17.2. The summed E-state index contributed by atoms with van der Waals surface area (Å²) < 4.78 is 1.90. The first-order valence-electron chi connectivity index (χ1n) is 8.93. The fourth-order valence-corrected chi connectivity index (χ4v) is 4.74. The minimum atomic E-state index is -0.225. The van der Waals surface area contributed by atoms with Crippen molar-refractivity contribution in [3.8, 4) is 0 Å². The Balaban J connectivity index is 1.66. The Morgan fingerprint density at radius 3 is 2.56 bits per heavy atom. The zero-order valence-corrected chi connectivity index (χ0v) is 15.2. The van der Waals surface area contributed by atoms with Crippen LogP contribution in [0.25, 0.3) is 0 Å². The van der Waals surface area contributed by atoms with Gasteiger partial charge in [-0.1, -0.05) is 54.9 Å². The molecule has 2 aliphatic heterocycles. The van der Waals surface area contributed by atoms with Crippen LogP contribution in [0.1, 0.15) is 43.1 Å². The Kier molecular flexibility index (Phi) is 4.65. The highest BCUT2D eigenvalue weighted by molar-refractivity contribution is 8.00. The molecule has 2 atom stereocenters. The molecule has 1 amide bonds. The minimum absolute atomic E-state index is 0.0934. The number of carbonyl (C=O) groups is 1. The van der Waals surface area contributed by atoms with Gasteiger partial charge in [0.05, 0.1) is 6.04 Å². The highest BCUT2D eigenvalue weighted by Gasteiger charge is 2.39. The van der Waals surface area contributed by atoms with E-state index in [1.165, 1.54) is 24.6 Å². The minimum Gasteiger partial charge on any atom is -0.342 e. The van der Waals surface area contributed by atoms with Crippen molar-refractivity contribution in [2.75, 3.05) is 18.5 Å². The van der Waals surface area contributed by atoms with Crippen molar-refractivity contribution < 1.29 is 4.79 Å². The first-order valence-corrected chi connectivity index (χ1v) is 9.81. The molecule has 0 radical (unpaired) electrons. The van der Waals surface area contributed by atoms with Crippen molar-refractivity contribution in [3.63, 3.8) is 0 Å². The van der Waals surface area contributed by atoms with Crippen molar-refractivity contribution in [3.05, 3.63) is 41.7 Å². The largest absolute Gasteiger partial charge is 0.342 e. The van der Waals surface area contributed by atoms with Crippen LogP contribution in [0.3, 0.4) is 0 Å². The molecule has 1 N–H and O–H groups in total. The summed E-state index contributed by atoms with van der Waals surface area (Å²) in [6, 6.07) is 10.1. The van der Waals surface area contributed by atoms with Gasteiger partial charge in [-0.3, -0.25) is 4.79 Å². The predicted octanol–water partition coefficient (Wildman–Crippen LogP) is 2.75. The van der Waals surface area contributed by atoms with E-state index in [0.29, 0.717) is 0 Å². The van der Waals surface area contributed by atoms with Crippen LogP contribution >= 0.6 is 11.8 Å². The molecule has 0 bridgehead atoms. The first kappa shape index (κ1) is 16.4. The molecule has 0 spiro atoms. The summed E-state index contributed by atoms with van der Waals surface area (Å²) in [5, 5.41) is 8.91. The van der Waals surface area contributed by atoms with Gasteiger partial charge >= 0.3 is 0 Å². The molecule has 7 heteroatoms. The van der Waals surface area contributed by atoms with Gasteiger partial charge in [-0.25, -0.2) is 4.68 Å². The lowest BCUT2D eigenvalue weighted by Crippen LogP contribution is -2.46. The van der Waals surface area contributed by atoms with Crippen LogP contribution in [-0.2, 0) is 4.79 Å². The SMILES string of the molecule is Cc1nnc2n1N[C@@H](c1ccccc1)[C@H](C(=O)N1CCCCCC1)S2. The number of fused-ring (bicyclic) bond motifs is 1. The second-order valence-corrected chi connectivity index (χ2v) is 7.77. The number of carbonyl (C=O) groups excluding carboxylic acids is 1. The average molecular weight is 357 g/mol. The Hall–Kier alpha value is -2.02. The third kappa shape index (κ3) is 3.25. The third-order valence-electron chi connectivity index (χ3n) is 4.92. The molecule has 0 saturated carbocycles. The molecule has 4 rings (SSSR count). The summed E-state index contributed by atoms with van der Waals surface area (Å²) in [5.41, 5.74) is 4.58. The number of benzene rings is 1. The summed E-state index contributed by atoms with van der Waals surface area (Å²) in [5.74, 6) is 1.02. The molecule has 2 aliphatic rings. The smallest absolute Gasteiger partial charge is 0.238 e. The van der Waals surface area contributed by atoms with Crippen LogP contribution in [0, 0.1) is 6.92 Å². The van der Waals surface area contributed by atoms with E-state index < -0.39 is 0 Å². The van der Waals surface area contributed by atoms with Gasteiger partial charge in [0, 0.05) is 13.1 Å². The van der Waals surface area contributed by atoms with Crippen molar-refractivity contribution in [1.82, 2.24) is 19.8 Å². The molecule has 0 unspecified atom stereocenters. The van der Waals surface area contributed by atoms with Crippen molar-refractivity contribution in [2.45, 2.75) is 49.1 Å². The van der Waals surface area contributed by atoms with Crippen LogP contribution in [-0.4, -0.2) is 44.0 Å². The standard InChI is InChI=1S/C18H23N5OS/c1-13-19-20-18-23(13)21-15(14-9-5-4-6-10-14)16(25-18)17(24)22-11-7-2-3-8-12-22/h4-6,9-10,15-16,21H,2-3,7-8,11-12H2,1H3/t15-,16+/m0/s1. The third-order valence-corrected chi connectivity index (χ3v) is 6.12. The van der Waals surface area contributed by atoms with Gasteiger partial charge in [0.1, 0.15) is 11.1 Å². The van der Waals surface area contributed by atoms with Crippen LogP contribution in [0.5, 0.6) is 0 Å². The molecule has 132 valence electrons. The van der Waals surface area contributed by atoms with Crippen LogP contribution in [0.4, 0.5) is 0 Å². The highest BCUT2D eigenvalue weighted by atomic mass is 32.2. The Bertz CT molecular complexity index is 739. The maximum atomic E-state index is 13.3. The van der Waals surface area contributed by atoms with Crippen molar-refractivity contribution in [1.29, 1.82) is 0 Å². The van der Waals surface area contributed by atoms with Gasteiger partial charge in [0.15, 0.2) is 0 Å². The molecule has 2 aromatic rings. The fraction of sp³-hybridized carbons (Fsp3) is 0.500.